The highest BCUT2D eigenvalue weighted by Gasteiger charge is 2.18. The van der Waals surface area contributed by atoms with Gasteiger partial charge in [0.15, 0.2) is 0 Å². The molecule has 0 spiro atoms. The minimum atomic E-state index is -0.595. The molecule has 1 amide bonds. The molecule has 0 aliphatic carbocycles. The van der Waals surface area contributed by atoms with E-state index in [9.17, 15) is 9.59 Å². The standard InChI is InChI=1S/C18H21N7O2S/c1-11(19)16(27)21-13-4-2-3-12(9-13)17-23-25-15(24-7-5-20-6-8-24)10-14(26)22-18(25)28-17/h2-4,9-11,20H,5-8,19H2,1H3,(H,21,27)/t11-/m1/s1. The predicted molar refractivity (Wildman–Crippen MR) is 110 cm³/mol. The third-order valence-electron chi connectivity index (χ3n) is 4.47. The molecule has 146 valence electrons. The van der Waals surface area contributed by atoms with E-state index in [-0.39, 0.29) is 11.5 Å². The van der Waals surface area contributed by atoms with Gasteiger partial charge in [-0.3, -0.25) is 9.59 Å². The van der Waals surface area contributed by atoms with Gasteiger partial charge in [-0.25, -0.2) is 0 Å². The van der Waals surface area contributed by atoms with Gasteiger partial charge in [0.1, 0.15) is 10.8 Å². The highest BCUT2D eigenvalue weighted by Crippen LogP contribution is 2.28. The molecule has 2 aromatic heterocycles. The quantitative estimate of drug-likeness (QED) is 0.585. The lowest BCUT2D eigenvalue weighted by Crippen LogP contribution is -2.44. The smallest absolute Gasteiger partial charge is 0.276 e. The first-order chi connectivity index (χ1) is 13.5. The lowest BCUT2D eigenvalue weighted by molar-refractivity contribution is -0.117. The summed E-state index contributed by atoms with van der Waals surface area (Å²) in [5.74, 6) is 0.495. The number of carbonyl (C=O) groups excluding carboxylic acids is 1. The molecule has 10 heteroatoms. The lowest BCUT2D eigenvalue weighted by Gasteiger charge is -2.28. The molecule has 1 aliphatic rings. The van der Waals surface area contributed by atoms with Crippen molar-refractivity contribution in [3.63, 3.8) is 0 Å². The van der Waals surface area contributed by atoms with Crippen molar-refractivity contribution in [1.29, 1.82) is 0 Å². The van der Waals surface area contributed by atoms with Crippen molar-refractivity contribution in [3.8, 4) is 10.6 Å². The molecule has 0 bridgehead atoms. The Morgan fingerprint density at radius 1 is 1.32 bits per heavy atom. The van der Waals surface area contributed by atoms with Crippen LogP contribution in [0.15, 0.2) is 35.1 Å². The molecule has 1 atom stereocenters. The summed E-state index contributed by atoms with van der Waals surface area (Å²) in [6.07, 6.45) is 0. The first-order valence-corrected chi connectivity index (χ1v) is 9.86. The molecule has 28 heavy (non-hydrogen) atoms. The van der Waals surface area contributed by atoms with Crippen molar-refractivity contribution in [2.75, 3.05) is 36.4 Å². The summed E-state index contributed by atoms with van der Waals surface area (Å²) in [4.78, 5) is 30.7. The van der Waals surface area contributed by atoms with Crippen molar-refractivity contribution >= 4 is 33.7 Å². The van der Waals surface area contributed by atoms with Crippen LogP contribution in [0.2, 0.25) is 0 Å². The van der Waals surface area contributed by atoms with Gasteiger partial charge in [-0.1, -0.05) is 23.5 Å². The van der Waals surface area contributed by atoms with Gasteiger partial charge < -0.3 is 21.3 Å². The number of aromatic nitrogens is 3. The Kier molecular flexibility index (Phi) is 5.07. The summed E-state index contributed by atoms with van der Waals surface area (Å²) in [6, 6.07) is 8.31. The number of fused-ring (bicyclic) bond motifs is 1. The summed E-state index contributed by atoms with van der Waals surface area (Å²) in [5, 5.41) is 11.5. The fourth-order valence-electron chi connectivity index (χ4n) is 3.02. The van der Waals surface area contributed by atoms with Gasteiger partial charge in [-0.05, 0) is 19.1 Å². The molecular formula is C18H21N7O2S. The fraction of sp³-hybridized carbons (Fsp3) is 0.333. The second kappa shape index (κ2) is 7.66. The Hall–Kier alpha value is -2.82. The maximum atomic E-state index is 12.1. The molecule has 1 aliphatic heterocycles. The van der Waals surface area contributed by atoms with Crippen molar-refractivity contribution < 1.29 is 4.79 Å². The Balaban J connectivity index is 1.72. The molecule has 1 saturated heterocycles. The van der Waals surface area contributed by atoms with Crippen LogP contribution >= 0.6 is 11.3 Å². The van der Waals surface area contributed by atoms with E-state index in [1.165, 1.54) is 17.4 Å². The largest absolute Gasteiger partial charge is 0.354 e. The summed E-state index contributed by atoms with van der Waals surface area (Å²) in [5.41, 5.74) is 6.81. The number of hydrogen-bond donors (Lipinski definition) is 3. The third-order valence-corrected chi connectivity index (χ3v) is 5.42. The van der Waals surface area contributed by atoms with E-state index in [0.29, 0.717) is 15.7 Å². The second-order valence-electron chi connectivity index (χ2n) is 6.65. The molecule has 4 N–H and O–H groups in total. The van der Waals surface area contributed by atoms with E-state index in [1.807, 2.05) is 18.2 Å². The number of carbonyl (C=O) groups is 1. The fourth-order valence-corrected chi connectivity index (χ4v) is 3.92. The van der Waals surface area contributed by atoms with Crippen LogP contribution in [0.3, 0.4) is 0 Å². The highest BCUT2D eigenvalue weighted by molar-refractivity contribution is 7.19. The van der Waals surface area contributed by atoms with Gasteiger partial charge in [0.2, 0.25) is 10.9 Å². The first kappa shape index (κ1) is 18.5. The molecule has 1 fully saturated rings. The third kappa shape index (κ3) is 3.75. The number of amides is 1. The number of rotatable bonds is 4. The van der Waals surface area contributed by atoms with Gasteiger partial charge in [-0.15, -0.1) is 0 Å². The van der Waals surface area contributed by atoms with Crippen LogP contribution in [0.5, 0.6) is 0 Å². The summed E-state index contributed by atoms with van der Waals surface area (Å²) < 4.78 is 1.72. The van der Waals surface area contributed by atoms with Gasteiger partial charge in [0.25, 0.3) is 5.56 Å². The first-order valence-electron chi connectivity index (χ1n) is 9.05. The van der Waals surface area contributed by atoms with Gasteiger partial charge in [-0.2, -0.15) is 14.6 Å². The molecular weight excluding hydrogens is 378 g/mol. The van der Waals surface area contributed by atoms with Gasteiger partial charge in [0, 0.05) is 43.5 Å². The summed E-state index contributed by atoms with van der Waals surface area (Å²) in [6.45, 7) is 4.95. The molecule has 4 rings (SSSR count). The van der Waals surface area contributed by atoms with Crippen LogP contribution < -0.4 is 26.8 Å². The number of nitrogens with two attached hydrogens (primary N) is 1. The van der Waals surface area contributed by atoms with E-state index < -0.39 is 6.04 Å². The van der Waals surface area contributed by atoms with Crippen LogP contribution in [-0.4, -0.2) is 52.7 Å². The lowest BCUT2D eigenvalue weighted by atomic mass is 10.2. The van der Waals surface area contributed by atoms with Crippen LogP contribution in [0.4, 0.5) is 11.5 Å². The Labute approximate surface area is 165 Å². The number of piperazine rings is 1. The maximum absolute atomic E-state index is 12.1. The summed E-state index contributed by atoms with van der Waals surface area (Å²) in [7, 11) is 0. The van der Waals surface area contributed by atoms with Gasteiger partial charge >= 0.3 is 0 Å². The zero-order valence-electron chi connectivity index (χ0n) is 15.4. The second-order valence-corrected chi connectivity index (χ2v) is 7.61. The SMILES string of the molecule is C[C@@H](N)C(=O)Nc1cccc(-c2nn3c(N4CCNCC4)cc(=O)nc3s2)c1. The van der Waals surface area contributed by atoms with Gasteiger partial charge in [0.05, 0.1) is 6.04 Å². The highest BCUT2D eigenvalue weighted by atomic mass is 32.1. The molecule has 1 aromatic carbocycles. The van der Waals surface area contributed by atoms with E-state index in [0.717, 1.165) is 37.6 Å². The normalized spacial score (nSPS) is 15.6. The zero-order valence-corrected chi connectivity index (χ0v) is 16.2. The predicted octanol–water partition coefficient (Wildman–Crippen LogP) is 0.513. The molecule has 0 saturated carbocycles. The van der Waals surface area contributed by atoms with Crippen molar-refractivity contribution in [2.45, 2.75) is 13.0 Å². The monoisotopic (exact) mass is 399 g/mol. The topological polar surface area (TPSA) is 118 Å². The minimum Gasteiger partial charge on any atom is -0.354 e. The molecule has 3 heterocycles. The molecule has 9 nitrogen and oxygen atoms in total. The maximum Gasteiger partial charge on any atom is 0.276 e. The van der Waals surface area contributed by atoms with Crippen LogP contribution in [-0.2, 0) is 4.79 Å². The average Bonchev–Trinajstić information content (AvgIpc) is 3.12. The van der Waals surface area contributed by atoms with Crippen molar-refractivity contribution in [1.82, 2.24) is 19.9 Å². The minimum absolute atomic E-state index is 0.255. The Bertz CT molecular complexity index is 1070. The number of anilines is 2. The summed E-state index contributed by atoms with van der Waals surface area (Å²) >= 11 is 1.34. The van der Waals surface area contributed by atoms with E-state index in [1.54, 1.807) is 17.5 Å². The van der Waals surface area contributed by atoms with Crippen LogP contribution in [0.1, 0.15) is 6.92 Å². The van der Waals surface area contributed by atoms with E-state index >= 15 is 0 Å². The van der Waals surface area contributed by atoms with E-state index in [4.69, 9.17) is 5.73 Å². The number of benzene rings is 1. The zero-order chi connectivity index (χ0) is 19.7. The number of hydrogen-bond acceptors (Lipinski definition) is 8. The molecule has 3 aromatic rings. The number of nitrogens with zero attached hydrogens (tertiary/aromatic N) is 4. The van der Waals surface area contributed by atoms with Crippen molar-refractivity contribution in [3.05, 3.63) is 40.7 Å². The van der Waals surface area contributed by atoms with Crippen LogP contribution in [0, 0.1) is 0 Å². The number of nitrogens with one attached hydrogen (secondary N) is 2. The van der Waals surface area contributed by atoms with E-state index in [2.05, 4.69) is 25.6 Å². The Morgan fingerprint density at radius 2 is 2.11 bits per heavy atom. The van der Waals surface area contributed by atoms with Crippen LogP contribution in [0.25, 0.3) is 15.5 Å². The molecule has 0 unspecified atom stereocenters. The molecule has 0 radical (unpaired) electrons. The Morgan fingerprint density at radius 3 is 2.86 bits per heavy atom. The van der Waals surface area contributed by atoms with Crippen molar-refractivity contribution in [2.24, 2.45) is 5.73 Å². The average molecular weight is 399 g/mol.